The smallest absolute Gasteiger partial charge is 0.282 e. The Morgan fingerprint density at radius 1 is 0.844 bits per heavy atom. The van der Waals surface area contributed by atoms with Gasteiger partial charge in [0.05, 0.1) is 25.5 Å². The maximum absolute atomic E-state index is 13.8. The number of ether oxygens (including phenoxy) is 2. The van der Waals surface area contributed by atoms with Crippen molar-refractivity contribution < 1.29 is 19.1 Å². The predicted molar refractivity (Wildman–Crippen MR) is 125 cm³/mol. The summed E-state index contributed by atoms with van der Waals surface area (Å²) in [6, 6.07) is 11.2. The molecule has 1 fully saturated rings. The Hall–Kier alpha value is -3.28. The Morgan fingerprint density at radius 2 is 1.47 bits per heavy atom. The number of imide groups is 1. The van der Waals surface area contributed by atoms with Gasteiger partial charge < -0.3 is 14.4 Å². The summed E-state index contributed by atoms with van der Waals surface area (Å²) in [7, 11) is 3.13. The molecule has 0 N–H and O–H groups in total. The van der Waals surface area contributed by atoms with Crippen LogP contribution in [0.4, 0.5) is 5.69 Å². The molecule has 2 aliphatic rings. The number of amides is 2. The first kappa shape index (κ1) is 21.9. The number of piperidine rings is 1. The third-order valence-electron chi connectivity index (χ3n) is 6.30. The molecule has 32 heavy (non-hydrogen) atoms. The average molecular weight is 435 g/mol. The van der Waals surface area contributed by atoms with E-state index in [1.165, 1.54) is 4.90 Å². The van der Waals surface area contributed by atoms with E-state index in [1.54, 1.807) is 26.4 Å². The first-order chi connectivity index (χ1) is 15.3. The third kappa shape index (κ3) is 3.85. The van der Waals surface area contributed by atoms with E-state index in [0.717, 1.165) is 37.1 Å². The Bertz CT molecular complexity index is 1080. The van der Waals surface area contributed by atoms with E-state index in [1.807, 2.05) is 38.1 Å². The van der Waals surface area contributed by atoms with Crippen molar-refractivity contribution in [3.63, 3.8) is 0 Å². The van der Waals surface area contributed by atoms with E-state index in [4.69, 9.17) is 9.47 Å². The summed E-state index contributed by atoms with van der Waals surface area (Å²) < 4.78 is 10.8. The lowest BCUT2D eigenvalue weighted by atomic mass is 9.97. The average Bonchev–Trinajstić information content (AvgIpc) is 3.03. The van der Waals surface area contributed by atoms with Crippen molar-refractivity contribution in [1.82, 2.24) is 4.90 Å². The number of methoxy groups -OCH3 is 2. The van der Waals surface area contributed by atoms with Crippen molar-refractivity contribution in [3.8, 4) is 11.5 Å². The highest BCUT2D eigenvalue weighted by atomic mass is 16.5. The summed E-state index contributed by atoms with van der Waals surface area (Å²) in [6.07, 6.45) is 1.99. The number of carbonyl (C=O) groups excluding carboxylic acids is 2. The van der Waals surface area contributed by atoms with Crippen LogP contribution in [0.5, 0.6) is 11.5 Å². The summed E-state index contributed by atoms with van der Waals surface area (Å²) >= 11 is 0. The van der Waals surface area contributed by atoms with Crippen LogP contribution in [-0.4, -0.2) is 44.0 Å². The van der Waals surface area contributed by atoms with Crippen molar-refractivity contribution in [2.75, 3.05) is 32.2 Å². The van der Waals surface area contributed by atoms with Gasteiger partial charge in [0, 0.05) is 13.1 Å². The number of hydrogen-bond acceptors (Lipinski definition) is 5. The number of benzene rings is 2. The number of anilines is 1. The molecular formula is C26H30N2O4. The van der Waals surface area contributed by atoms with Gasteiger partial charge >= 0.3 is 0 Å². The molecule has 0 aliphatic carbocycles. The molecule has 0 spiro atoms. The van der Waals surface area contributed by atoms with E-state index in [0.29, 0.717) is 39.9 Å². The summed E-state index contributed by atoms with van der Waals surface area (Å²) in [5.41, 5.74) is 4.18. The summed E-state index contributed by atoms with van der Waals surface area (Å²) in [5.74, 6) is 1.14. The van der Waals surface area contributed by atoms with Crippen molar-refractivity contribution >= 4 is 23.1 Å². The second-order valence-electron chi connectivity index (χ2n) is 8.75. The van der Waals surface area contributed by atoms with Crippen LogP contribution in [0.15, 0.2) is 42.1 Å². The molecule has 2 heterocycles. The predicted octanol–water partition coefficient (Wildman–Crippen LogP) is 4.34. The van der Waals surface area contributed by atoms with Gasteiger partial charge in [0.1, 0.15) is 5.70 Å². The van der Waals surface area contributed by atoms with Crippen LogP contribution in [0.3, 0.4) is 0 Å². The molecule has 4 rings (SSSR count). The zero-order valence-corrected chi connectivity index (χ0v) is 19.4. The highest BCUT2D eigenvalue weighted by Gasteiger charge is 2.43. The van der Waals surface area contributed by atoms with Gasteiger partial charge in [0.25, 0.3) is 11.8 Å². The van der Waals surface area contributed by atoms with Crippen LogP contribution in [0, 0.1) is 19.8 Å². The molecule has 2 aromatic rings. The Morgan fingerprint density at radius 3 is 2.06 bits per heavy atom. The lowest BCUT2D eigenvalue weighted by Gasteiger charge is -2.32. The summed E-state index contributed by atoms with van der Waals surface area (Å²) in [5, 5.41) is 0. The molecule has 0 saturated carbocycles. The normalized spacial score (nSPS) is 17.4. The van der Waals surface area contributed by atoms with Gasteiger partial charge in [-0.25, -0.2) is 4.90 Å². The number of hydrogen-bond donors (Lipinski definition) is 0. The lowest BCUT2D eigenvalue weighted by molar-refractivity contribution is -0.120. The van der Waals surface area contributed by atoms with Gasteiger partial charge in [-0.15, -0.1) is 0 Å². The van der Waals surface area contributed by atoms with Gasteiger partial charge in [-0.2, -0.15) is 0 Å². The Kier molecular flexibility index (Phi) is 5.96. The minimum atomic E-state index is -0.305. The molecule has 6 nitrogen and oxygen atoms in total. The Balaban J connectivity index is 1.85. The molecule has 0 aromatic heterocycles. The molecule has 2 aliphatic heterocycles. The number of nitrogens with zero attached hydrogens (tertiary/aromatic N) is 2. The second kappa shape index (κ2) is 8.69. The van der Waals surface area contributed by atoms with E-state index < -0.39 is 0 Å². The van der Waals surface area contributed by atoms with E-state index in [9.17, 15) is 9.59 Å². The first-order valence-electron chi connectivity index (χ1n) is 11.0. The SMILES string of the molecule is COc1ccc(C2=C(N3CCC(C)CC3)C(=O)N(c3cc(C)cc(C)c3)C2=O)cc1OC. The van der Waals surface area contributed by atoms with Crippen LogP contribution in [-0.2, 0) is 9.59 Å². The van der Waals surface area contributed by atoms with E-state index in [-0.39, 0.29) is 11.8 Å². The largest absolute Gasteiger partial charge is 0.493 e. The monoisotopic (exact) mass is 434 g/mol. The molecule has 6 heteroatoms. The fraction of sp³-hybridized carbons (Fsp3) is 0.385. The zero-order chi connectivity index (χ0) is 23.0. The van der Waals surface area contributed by atoms with Gasteiger partial charge in [-0.1, -0.05) is 19.1 Å². The van der Waals surface area contributed by atoms with Crippen LogP contribution in [0.1, 0.15) is 36.5 Å². The van der Waals surface area contributed by atoms with Gasteiger partial charge in [-0.05, 0) is 73.6 Å². The van der Waals surface area contributed by atoms with Gasteiger partial charge in [0.2, 0.25) is 0 Å². The van der Waals surface area contributed by atoms with Gasteiger partial charge in [0.15, 0.2) is 11.5 Å². The molecule has 0 unspecified atom stereocenters. The lowest BCUT2D eigenvalue weighted by Crippen LogP contribution is -2.38. The molecule has 2 amide bonds. The molecule has 1 saturated heterocycles. The number of aryl methyl sites for hydroxylation is 2. The Labute approximate surface area is 189 Å². The minimum Gasteiger partial charge on any atom is -0.493 e. The minimum absolute atomic E-state index is 0.265. The van der Waals surface area contributed by atoms with E-state index >= 15 is 0 Å². The van der Waals surface area contributed by atoms with Crippen molar-refractivity contribution in [2.45, 2.75) is 33.6 Å². The fourth-order valence-corrected chi connectivity index (χ4v) is 4.61. The maximum Gasteiger partial charge on any atom is 0.282 e. The molecule has 0 atom stereocenters. The first-order valence-corrected chi connectivity index (χ1v) is 11.0. The number of likely N-dealkylation sites (tertiary alicyclic amines) is 1. The second-order valence-corrected chi connectivity index (χ2v) is 8.75. The topological polar surface area (TPSA) is 59.1 Å². The van der Waals surface area contributed by atoms with Crippen LogP contribution in [0.25, 0.3) is 5.57 Å². The molecule has 168 valence electrons. The highest BCUT2D eigenvalue weighted by Crippen LogP contribution is 2.39. The molecular weight excluding hydrogens is 404 g/mol. The third-order valence-corrected chi connectivity index (χ3v) is 6.30. The summed E-state index contributed by atoms with van der Waals surface area (Å²) in [6.45, 7) is 7.68. The van der Waals surface area contributed by atoms with Crippen molar-refractivity contribution in [2.24, 2.45) is 5.92 Å². The molecule has 0 radical (unpaired) electrons. The maximum atomic E-state index is 13.8. The molecule has 0 bridgehead atoms. The standard InChI is InChI=1S/C26H30N2O4/c1-16-8-10-27(11-9-16)24-23(19-6-7-21(31-4)22(15-19)32-5)25(29)28(26(24)30)20-13-17(2)12-18(3)14-20/h6-7,12-16H,8-11H2,1-5H3. The van der Waals surface area contributed by atoms with E-state index in [2.05, 4.69) is 11.8 Å². The summed E-state index contributed by atoms with van der Waals surface area (Å²) in [4.78, 5) is 30.9. The molecule has 2 aromatic carbocycles. The van der Waals surface area contributed by atoms with Crippen LogP contribution in [0.2, 0.25) is 0 Å². The van der Waals surface area contributed by atoms with Crippen LogP contribution >= 0.6 is 0 Å². The van der Waals surface area contributed by atoms with Crippen molar-refractivity contribution in [1.29, 1.82) is 0 Å². The highest BCUT2D eigenvalue weighted by molar-refractivity contribution is 6.45. The quantitative estimate of drug-likeness (QED) is 0.656. The van der Waals surface area contributed by atoms with Crippen molar-refractivity contribution in [3.05, 3.63) is 58.8 Å². The number of carbonyl (C=O) groups is 2. The van der Waals surface area contributed by atoms with Crippen LogP contribution < -0.4 is 14.4 Å². The van der Waals surface area contributed by atoms with Gasteiger partial charge in [-0.3, -0.25) is 9.59 Å². The zero-order valence-electron chi connectivity index (χ0n) is 19.4. The number of rotatable bonds is 5. The fourth-order valence-electron chi connectivity index (χ4n) is 4.61.